The van der Waals surface area contributed by atoms with Gasteiger partial charge in [-0.1, -0.05) is 172 Å². The fourth-order valence-corrected chi connectivity index (χ4v) is 9.58. The number of rotatable bonds is 5. The zero-order valence-corrected chi connectivity index (χ0v) is 32.3. The van der Waals surface area contributed by atoms with Crippen LogP contribution in [0, 0.1) is 0 Å². The van der Waals surface area contributed by atoms with E-state index < -0.39 is 5.41 Å². The van der Waals surface area contributed by atoms with Gasteiger partial charge in [0.05, 0.1) is 11.1 Å². The first-order valence-corrected chi connectivity index (χ1v) is 19.9. The maximum atomic E-state index is 5.13. The van der Waals surface area contributed by atoms with Crippen LogP contribution in [0.1, 0.15) is 47.2 Å². The van der Waals surface area contributed by atoms with Gasteiger partial charge in [0.2, 0.25) is 0 Å². The van der Waals surface area contributed by atoms with Gasteiger partial charge < -0.3 is 0 Å². The predicted octanol–water partition coefficient (Wildman–Crippen LogP) is 12.6. The van der Waals surface area contributed by atoms with Crippen LogP contribution in [0.5, 0.6) is 0 Å². The minimum atomic E-state index is -0.419. The molecule has 2 aliphatic rings. The van der Waals surface area contributed by atoms with Crippen molar-refractivity contribution in [3.8, 4) is 67.7 Å². The van der Waals surface area contributed by atoms with Gasteiger partial charge in [0.25, 0.3) is 0 Å². The number of hydrogen-bond acceptors (Lipinski definition) is 4. The van der Waals surface area contributed by atoms with Crippen molar-refractivity contribution in [2.75, 3.05) is 0 Å². The van der Waals surface area contributed by atoms with Gasteiger partial charge in [-0.3, -0.25) is 4.98 Å². The molecule has 2 aromatic heterocycles. The molecule has 2 aliphatic carbocycles. The summed E-state index contributed by atoms with van der Waals surface area (Å²) in [6, 6.07) is 67.2. The fourth-order valence-electron chi connectivity index (χ4n) is 9.58. The lowest BCUT2D eigenvalue weighted by molar-refractivity contribution is 0.563. The van der Waals surface area contributed by atoms with Crippen molar-refractivity contribution in [1.82, 2.24) is 19.9 Å². The van der Waals surface area contributed by atoms with Gasteiger partial charge in [0.1, 0.15) is 0 Å². The van der Waals surface area contributed by atoms with E-state index in [0.29, 0.717) is 17.5 Å². The second-order valence-corrected chi connectivity index (χ2v) is 15.8. The standard InChI is InChI=1S/C54H38N4/c1-53(2)45-24-8-10-26-47(45)54(48-27-11-9-25-46(48)53)43-23-7-6-22-41(43)42-34-37(29-30-44(42)54)36-18-14-20-39(32-36)51-56-50(35-16-4-3-5-17-35)57-52(58-51)40-21-15-19-38(33-40)49-28-12-13-31-55-49/h3-34H,1-2H3. The molecule has 4 nitrogen and oxygen atoms in total. The normalized spacial score (nSPS) is 14.0. The van der Waals surface area contributed by atoms with Gasteiger partial charge in [-0.15, -0.1) is 0 Å². The van der Waals surface area contributed by atoms with Gasteiger partial charge in [0.15, 0.2) is 17.5 Å². The Hall–Kier alpha value is -7.30. The molecule has 0 N–H and O–H groups in total. The molecule has 274 valence electrons. The Bertz CT molecular complexity index is 2990. The summed E-state index contributed by atoms with van der Waals surface area (Å²) in [5.41, 5.74) is 17.1. The van der Waals surface area contributed by atoms with Crippen LogP contribution in [0.25, 0.3) is 67.7 Å². The van der Waals surface area contributed by atoms with Crippen LogP contribution >= 0.6 is 0 Å². The first-order valence-electron chi connectivity index (χ1n) is 19.9. The molecule has 1 spiro atoms. The maximum Gasteiger partial charge on any atom is 0.164 e. The Labute approximate surface area is 338 Å². The molecule has 0 fully saturated rings. The highest BCUT2D eigenvalue weighted by molar-refractivity contribution is 5.91. The molecule has 9 aromatic rings. The van der Waals surface area contributed by atoms with Crippen LogP contribution in [0.15, 0.2) is 194 Å². The van der Waals surface area contributed by atoms with E-state index >= 15 is 0 Å². The average Bonchev–Trinajstić information content (AvgIpc) is 3.59. The molecule has 0 amide bonds. The Kier molecular flexibility index (Phi) is 7.70. The predicted molar refractivity (Wildman–Crippen MR) is 234 cm³/mol. The SMILES string of the molecule is CC1(C)c2ccccc2C2(c3ccccc3-c3cc(-c4cccc(-c5nc(-c6ccccc6)nc(-c6cccc(-c7ccccn7)c6)n5)c4)ccc32)c2ccccc21. The van der Waals surface area contributed by atoms with Crippen molar-refractivity contribution in [2.45, 2.75) is 24.7 Å². The number of benzene rings is 7. The minimum Gasteiger partial charge on any atom is -0.256 e. The summed E-state index contributed by atoms with van der Waals surface area (Å²) in [5.74, 6) is 1.87. The molecule has 7 aromatic carbocycles. The maximum absolute atomic E-state index is 5.13. The van der Waals surface area contributed by atoms with E-state index in [4.69, 9.17) is 15.0 Å². The molecule has 0 radical (unpaired) electrons. The smallest absolute Gasteiger partial charge is 0.164 e. The third kappa shape index (κ3) is 5.15. The minimum absolute atomic E-state index is 0.131. The first kappa shape index (κ1) is 34.0. The molecule has 0 saturated heterocycles. The summed E-state index contributed by atoms with van der Waals surface area (Å²) in [5, 5.41) is 0. The summed E-state index contributed by atoms with van der Waals surface area (Å²) >= 11 is 0. The van der Waals surface area contributed by atoms with Crippen LogP contribution in [0.4, 0.5) is 0 Å². The van der Waals surface area contributed by atoms with Crippen molar-refractivity contribution in [1.29, 1.82) is 0 Å². The topological polar surface area (TPSA) is 51.6 Å². The molecule has 11 rings (SSSR count). The van der Waals surface area contributed by atoms with Crippen molar-refractivity contribution >= 4 is 0 Å². The molecule has 4 heteroatoms. The first-order chi connectivity index (χ1) is 28.5. The lowest BCUT2D eigenvalue weighted by atomic mass is 9.55. The fraction of sp³-hybridized carbons (Fsp3) is 0.0741. The van der Waals surface area contributed by atoms with E-state index in [1.54, 1.807) is 0 Å². The third-order valence-electron chi connectivity index (χ3n) is 12.3. The monoisotopic (exact) mass is 742 g/mol. The van der Waals surface area contributed by atoms with E-state index in [1.165, 1.54) is 44.5 Å². The Balaban J connectivity index is 1.06. The van der Waals surface area contributed by atoms with Crippen molar-refractivity contribution in [3.63, 3.8) is 0 Å². The average molecular weight is 743 g/mol. The van der Waals surface area contributed by atoms with Crippen molar-refractivity contribution in [2.24, 2.45) is 0 Å². The Morgan fingerprint density at radius 3 is 1.47 bits per heavy atom. The van der Waals surface area contributed by atoms with Crippen molar-refractivity contribution < 1.29 is 0 Å². The number of pyridine rings is 1. The molecule has 2 heterocycles. The summed E-state index contributed by atoms with van der Waals surface area (Å²) in [6.45, 7) is 4.74. The van der Waals surface area contributed by atoms with E-state index in [1.807, 2.05) is 60.8 Å². The quantitative estimate of drug-likeness (QED) is 0.176. The summed E-state index contributed by atoms with van der Waals surface area (Å²) in [6.07, 6.45) is 1.82. The van der Waals surface area contributed by atoms with E-state index in [0.717, 1.165) is 39.1 Å². The van der Waals surface area contributed by atoms with Crippen LogP contribution in [0.3, 0.4) is 0 Å². The summed E-state index contributed by atoms with van der Waals surface area (Å²) in [4.78, 5) is 19.8. The molecule has 0 aliphatic heterocycles. The number of fused-ring (bicyclic) bond motifs is 9. The Morgan fingerprint density at radius 1 is 0.328 bits per heavy atom. The van der Waals surface area contributed by atoms with Crippen LogP contribution in [-0.2, 0) is 10.8 Å². The largest absolute Gasteiger partial charge is 0.256 e. The zero-order chi connectivity index (χ0) is 38.8. The lowest BCUT2D eigenvalue weighted by Gasteiger charge is -2.46. The second kappa shape index (κ2) is 13.1. The van der Waals surface area contributed by atoms with E-state index in [-0.39, 0.29) is 5.41 Å². The van der Waals surface area contributed by atoms with Crippen LogP contribution < -0.4 is 0 Å². The molecular formula is C54H38N4. The summed E-state index contributed by atoms with van der Waals surface area (Å²) < 4.78 is 0. The molecule has 0 bridgehead atoms. The number of nitrogens with zero attached hydrogens (tertiary/aromatic N) is 4. The van der Waals surface area contributed by atoms with Crippen molar-refractivity contribution in [3.05, 3.63) is 228 Å². The zero-order valence-electron chi connectivity index (χ0n) is 32.3. The van der Waals surface area contributed by atoms with Gasteiger partial charge >= 0.3 is 0 Å². The molecule has 58 heavy (non-hydrogen) atoms. The molecular weight excluding hydrogens is 705 g/mol. The molecule has 0 unspecified atom stereocenters. The van der Waals surface area contributed by atoms with Crippen LogP contribution in [0.2, 0.25) is 0 Å². The third-order valence-corrected chi connectivity index (χ3v) is 12.3. The highest BCUT2D eigenvalue weighted by Crippen LogP contribution is 2.62. The lowest BCUT2D eigenvalue weighted by Crippen LogP contribution is -2.40. The number of aromatic nitrogens is 4. The van der Waals surface area contributed by atoms with E-state index in [2.05, 4.69) is 152 Å². The van der Waals surface area contributed by atoms with Gasteiger partial charge in [-0.25, -0.2) is 15.0 Å². The second-order valence-electron chi connectivity index (χ2n) is 15.8. The van der Waals surface area contributed by atoms with Crippen LogP contribution in [-0.4, -0.2) is 19.9 Å². The highest BCUT2D eigenvalue weighted by Gasteiger charge is 2.53. The number of hydrogen-bond donors (Lipinski definition) is 0. The Morgan fingerprint density at radius 2 is 0.810 bits per heavy atom. The van der Waals surface area contributed by atoms with Gasteiger partial charge in [-0.2, -0.15) is 0 Å². The molecule has 0 saturated carbocycles. The van der Waals surface area contributed by atoms with Gasteiger partial charge in [-0.05, 0) is 86.0 Å². The van der Waals surface area contributed by atoms with Gasteiger partial charge in [0, 0.05) is 33.9 Å². The highest BCUT2D eigenvalue weighted by atomic mass is 15.0. The summed E-state index contributed by atoms with van der Waals surface area (Å²) in [7, 11) is 0. The molecule has 0 atom stereocenters. The van der Waals surface area contributed by atoms with E-state index in [9.17, 15) is 0 Å².